The van der Waals surface area contributed by atoms with Crippen LogP contribution in [0, 0.1) is 11.7 Å². The molecule has 0 bridgehead atoms. The predicted octanol–water partition coefficient (Wildman–Crippen LogP) is 2.82. The van der Waals surface area contributed by atoms with Crippen molar-refractivity contribution in [2.45, 2.75) is 40.2 Å². The number of rotatable bonds is 6. The zero-order valence-corrected chi connectivity index (χ0v) is 12.0. The molecular weight excluding hydrogens is 245 g/mol. The predicted molar refractivity (Wildman–Crippen MR) is 74.7 cm³/mol. The maximum absolute atomic E-state index is 13.2. The number of anilines is 1. The Morgan fingerprint density at radius 1 is 1.42 bits per heavy atom. The lowest BCUT2D eigenvalue weighted by Gasteiger charge is -2.20. The number of halogens is 1. The van der Waals surface area contributed by atoms with E-state index in [0.717, 1.165) is 12.6 Å². The first-order chi connectivity index (χ1) is 8.99. The molecule has 0 aromatic carbocycles. The molecule has 0 aliphatic heterocycles. The van der Waals surface area contributed by atoms with E-state index in [0.29, 0.717) is 18.3 Å². The van der Waals surface area contributed by atoms with Crippen molar-refractivity contribution < 1.29 is 9.18 Å². The van der Waals surface area contributed by atoms with E-state index in [2.05, 4.69) is 29.5 Å². The Bertz CT molecular complexity index is 437. The molecule has 1 rings (SSSR count). The molecule has 1 aromatic heterocycles. The van der Waals surface area contributed by atoms with Crippen molar-refractivity contribution in [2.75, 3.05) is 11.9 Å². The third kappa shape index (κ3) is 4.19. The minimum atomic E-state index is -0.511. The molecule has 106 valence electrons. The molecule has 5 heteroatoms. The molecule has 1 amide bonds. The summed E-state index contributed by atoms with van der Waals surface area (Å²) >= 11 is 0. The van der Waals surface area contributed by atoms with Gasteiger partial charge >= 0.3 is 0 Å². The molecule has 1 heterocycles. The first kappa shape index (κ1) is 15.4. The number of pyridine rings is 1. The van der Waals surface area contributed by atoms with E-state index in [4.69, 9.17) is 0 Å². The Kier molecular flexibility index (Phi) is 5.73. The molecule has 2 unspecified atom stereocenters. The van der Waals surface area contributed by atoms with Gasteiger partial charge in [-0.15, -0.1) is 0 Å². The van der Waals surface area contributed by atoms with Gasteiger partial charge in [0.15, 0.2) is 0 Å². The summed E-state index contributed by atoms with van der Waals surface area (Å²) in [6.45, 7) is 8.61. The van der Waals surface area contributed by atoms with Crippen molar-refractivity contribution in [1.29, 1.82) is 0 Å². The second kappa shape index (κ2) is 7.07. The maximum atomic E-state index is 13.2. The van der Waals surface area contributed by atoms with Crippen LogP contribution in [-0.4, -0.2) is 23.5 Å². The minimum absolute atomic E-state index is 0.0373. The molecular formula is C14H22FN3O. The highest BCUT2D eigenvalue weighted by molar-refractivity contribution is 5.98. The van der Waals surface area contributed by atoms with Crippen LogP contribution < -0.4 is 10.6 Å². The van der Waals surface area contributed by atoms with Crippen LogP contribution in [0.4, 0.5) is 10.2 Å². The van der Waals surface area contributed by atoms with Crippen molar-refractivity contribution in [2.24, 2.45) is 5.92 Å². The molecule has 0 radical (unpaired) electrons. The molecule has 2 N–H and O–H groups in total. The molecule has 19 heavy (non-hydrogen) atoms. The second-order valence-corrected chi connectivity index (χ2v) is 4.73. The van der Waals surface area contributed by atoms with Gasteiger partial charge in [0.25, 0.3) is 5.91 Å². The van der Waals surface area contributed by atoms with Gasteiger partial charge in [0, 0.05) is 12.6 Å². The fraction of sp³-hybridized carbons (Fsp3) is 0.571. The smallest absolute Gasteiger partial charge is 0.255 e. The molecule has 0 spiro atoms. The molecule has 0 saturated heterocycles. The van der Waals surface area contributed by atoms with Gasteiger partial charge in [-0.3, -0.25) is 4.79 Å². The monoisotopic (exact) mass is 267 g/mol. The largest absolute Gasteiger partial charge is 0.370 e. The lowest BCUT2D eigenvalue weighted by molar-refractivity contribution is 0.0928. The topological polar surface area (TPSA) is 54.0 Å². The summed E-state index contributed by atoms with van der Waals surface area (Å²) in [5.41, 5.74) is 0.247. The fourth-order valence-electron chi connectivity index (χ4n) is 1.70. The van der Waals surface area contributed by atoms with Gasteiger partial charge in [-0.25, -0.2) is 9.37 Å². The lowest BCUT2D eigenvalue weighted by atomic mass is 10.0. The zero-order chi connectivity index (χ0) is 14.4. The van der Waals surface area contributed by atoms with Crippen LogP contribution in [0.3, 0.4) is 0 Å². The van der Waals surface area contributed by atoms with E-state index in [1.807, 2.05) is 13.8 Å². The van der Waals surface area contributed by atoms with E-state index in [-0.39, 0.29) is 17.5 Å². The summed E-state index contributed by atoms with van der Waals surface area (Å²) in [7, 11) is 0. The summed E-state index contributed by atoms with van der Waals surface area (Å²) in [6, 6.07) is 1.25. The first-order valence-electron chi connectivity index (χ1n) is 6.69. The fourth-order valence-corrected chi connectivity index (χ4v) is 1.70. The van der Waals surface area contributed by atoms with Gasteiger partial charge in [-0.05, 0) is 25.8 Å². The molecule has 0 fully saturated rings. The number of hydrogen-bond acceptors (Lipinski definition) is 3. The molecule has 0 saturated carbocycles. The first-order valence-corrected chi connectivity index (χ1v) is 6.69. The van der Waals surface area contributed by atoms with E-state index in [1.165, 1.54) is 6.07 Å². The number of carbonyl (C=O) groups is 1. The average Bonchev–Trinajstić information content (AvgIpc) is 2.39. The third-order valence-electron chi connectivity index (χ3n) is 3.30. The van der Waals surface area contributed by atoms with Crippen molar-refractivity contribution in [3.63, 3.8) is 0 Å². The van der Waals surface area contributed by atoms with Crippen LogP contribution in [0.15, 0.2) is 12.3 Å². The van der Waals surface area contributed by atoms with Gasteiger partial charge in [0.2, 0.25) is 0 Å². The number of hydrogen-bond donors (Lipinski definition) is 2. The van der Waals surface area contributed by atoms with Crippen molar-refractivity contribution in [3.05, 3.63) is 23.6 Å². The van der Waals surface area contributed by atoms with E-state index in [9.17, 15) is 9.18 Å². The summed E-state index contributed by atoms with van der Waals surface area (Å²) in [6.07, 6.45) is 2.08. The summed E-state index contributed by atoms with van der Waals surface area (Å²) in [4.78, 5) is 16.1. The number of amides is 1. The molecule has 1 aromatic rings. The Morgan fingerprint density at radius 2 is 2.11 bits per heavy atom. The van der Waals surface area contributed by atoms with E-state index >= 15 is 0 Å². The summed E-state index contributed by atoms with van der Waals surface area (Å²) in [5.74, 6) is -0.0236. The van der Waals surface area contributed by atoms with Crippen LogP contribution in [0.5, 0.6) is 0 Å². The molecule has 2 atom stereocenters. The Balaban J connectivity index is 2.89. The average molecular weight is 267 g/mol. The molecule has 4 nitrogen and oxygen atoms in total. The number of aromatic nitrogens is 1. The van der Waals surface area contributed by atoms with Gasteiger partial charge in [-0.2, -0.15) is 0 Å². The number of carbonyl (C=O) groups excluding carboxylic acids is 1. The van der Waals surface area contributed by atoms with Crippen molar-refractivity contribution in [3.8, 4) is 0 Å². The highest BCUT2D eigenvalue weighted by Gasteiger charge is 2.18. The third-order valence-corrected chi connectivity index (χ3v) is 3.30. The number of nitrogens with zero attached hydrogens (tertiary/aromatic N) is 1. The van der Waals surface area contributed by atoms with Gasteiger partial charge < -0.3 is 10.6 Å². The Hall–Kier alpha value is -1.65. The van der Waals surface area contributed by atoms with E-state index < -0.39 is 5.82 Å². The SMILES string of the molecule is CCNc1ncc(F)cc1C(=O)NC(C)C(C)CC. The standard InChI is InChI=1S/C14H22FN3O/c1-5-9(3)10(4)18-14(19)12-7-11(15)8-17-13(12)16-6-2/h7-10H,5-6H2,1-4H3,(H,16,17)(H,18,19). The Labute approximate surface area is 113 Å². The Morgan fingerprint density at radius 3 is 2.68 bits per heavy atom. The van der Waals surface area contributed by atoms with Crippen LogP contribution in [0.25, 0.3) is 0 Å². The normalized spacial score (nSPS) is 13.7. The highest BCUT2D eigenvalue weighted by Crippen LogP contribution is 2.15. The highest BCUT2D eigenvalue weighted by atomic mass is 19.1. The zero-order valence-electron chi connectivity index (χ0n) is 12.0. The lowest BCUT2D eigenvalue weighted by Crippen LogP contribution is -2.37. The van der Waals surface area contributed by atoms with E-state index in [1.54, 1.807) is 0 Å². The van der Waals surface area contributed by atoms with Crippen molar-refractivity contribution >= 4 is 11.7 Å². The van der Waals surface area contributed by atoms with Crippen LogP contribution in [0.1, 0.15) is 44.5 Å². The molecule has 0 aliphatic carbocycles. The van der Waals surface area contributed by atoms with Crippen LogP contribution in [-0.2, 0) is 0 Å². The van der Waals surface area contributed by atoms with Crippen molar-refractivity contribution in [1.82, 2.24) is 10.3 Å². The van der Waals surface area contributed by atoms with Gasteiger partial charge in [0.05, 0.1) is 11.8 Å². The quantitative estimate of drug-likeness (QED) is 0.833. The minimum Gasteiger partial charge on any atom is -0.370 e. The van der Waals surface area contributed by atoms with Crippen LogP contribution in [0.2, 0.25) is 0 Å². The summed E-state index contributed by atoms with van der Waals surface area (Å²) in [5, 5.41) is 5.85. The summed E-state index contributed by atoms with van der Waals surface area (Å²) < 4.78 is 13.2. The van der Waals surface area contributed by atoms with Gasteiger partial charge in [0.1, 0.15) is 11.6 Å². The molecule has 0 aliphatic rings. The van der Waals surface area contributed by atoms with Crippen LogP contribution >= 0.6 is 0 Å². The number of nitrogens with one attached hydrogen (secondary N) is 2. The maximum Gasteiger partial charge on any atom is 0.255 e. The second-order valence-electron chi connectivity index (χ2n) is 4.73. The van der Waals surface area contributed by atoms with Gasteiger partial charge in [-0.1, -0.05) is 20.3 Å².